The molecule has 58 heavy (non-hydrogen) atoms. The third-order valence-electron chi connectivity index (χ3n) is 11.1. The van der Waals surface area contributed by atoms with Crippen LogP contribution in [0.25, 0.3) is 72.0 Å². The van der Waals surface area contributed by atoms with E-state index in [2.05, 4.69) is 222 Å². The van der Waals surface area contributed by atoms with E-state index in [0.29, 0.717) is 0 Å². The minimum absolute atomic E-state index is 0.850. The summed E-state index contributed by atoms with van der Waals surface area (Å²) < 4.78 is 7.76. The van der Waals surface area contributed by atoms with Crippen molar-refractivity contribution in [1.29, 1.82) is 0 Å². The van der Waals surface area contributed by atoms with Crippen molar-refractivity contribution in [2.24, 2.45) is 0 Å². The van der Waals surface area contributed by atoms with E-state index in [1.165, 1.54) is 66.3 Å². The molecule has 0 saturated heterocycles. The first kappa shape index (κ1) is 34.8. The van der Waals surface area contributed by atoms with Gasteiger partial charge < -0.3 is 14.2 Å². The summed E-state index contributed by atoms with van der Waals surface area (Å²) in [7, 11) is 1.70. The zero-order valence-electron chi connectivity index (χ0n) is 32.2. The first-order chi connectivity index (χ1) is 28.7. The van der Waals surface area contributed by atoms with Crippen molar-refractivity contribution in [2.45, 2.75) is 0 Å². The molecule has 0 saturated carbocycles. The van der Waals surface area contributed by atoms with E-state index >= 15 is 0 Å². The second kappa shape index (κ2) is 15.1. The molecule has 3 nitrogen and oxygen atoms in total. The van der Waals surface area contributed by atoms with Gasteiger partial charge in [-0.1, -0.05) is 146 Å². The molecule has 1 aromatic heterocycles. The molecule has 9 aromatic carbocycles. The predicted octanol–water partition coefficient (Wildman–Crippen LogP) is 14.9. The summed E-state index contributed by atoms with van der Waals surface area (Å²) in [5.41, 5.74) is 16.3. The zero-order valence-corrected chi connectivity index (χ0v) is 32.2. The maximum atomic E-state index is 5.43. The zero-order chi connectivity index (χ0) is 38.8. The summed E-state index contributed by atoms with van der Waals surface area (Å²) in [5.74, 6) is 0.850. The van der Waals surface area contributed by atoms with Gasteiger partial charge in [0.15, 0.2) is 0 Å². The molecular formula is C55H40N2O. The highest BCUT2D eigenvalue weighted by Gasteiger charge is 2.16. The number of methoxy groups -OCH3 is 1. The highest BCUT2D eigenvalue weighted by atomic mass is 16.5. The molecule has 0 aliphatic heterocycles. The van der Waals surface area contributed by atoms with Gasteiger partial charge in [0.25, 0.3) is 0 Å². The molecule has 0 unspecified atom stereocenters. The molecule has 0 spiro atoms. The van der Waals surface area contributed by atoms with E-state index in [1.807, 2.05) is 12.1 Å². The van der Waals surface area contributed by atoms with Crippen LogP contribution in [0.15, 0.2) is 224 Å². The average Bonchev–Trinajstić information content (AvgIpc) is 3.64. The largest absolute Gasteiger partial charge is 0.497 e. The number of para-hydroxylation sites is 1. The molecule has 1 heterocycles. The van der Waals surface area contributed by atoms with E-state index in [4.69, 9.17) is 4.74 Å². The number of ether oxygens (including phenoxy) is 1. The molecule has 0 aliphatic carbocycles. The Bertz CT molecular complexity index is 2890. The van der Waals surface area contributed by atoms with Crippen molar-refractivity contribution in [3.8, 4) is 55.9 Å². The van der Waals surface area contributed by atoms with Crippen LogP contribution in [0.1, 0.15) is 0 Å². The topological polar surface area (TPSA) is 17.4 Å². The molecule has 10 aromatic rings. The number of nitrogens with zero attached hydrogens (tertiary/aromatic N) is 2. The number of benzene rings is 9. The number of rotatable bonds is 9. The lowest BCUT2D eigenvalue weighted by Crippen LogP contribution is -2.09. The minimum atomic E-state index is 0.850. The fourth-order valence-corrected chi connectivity index (χ4v) is 8.13. The van der Waals surface area contributed by atoms with E-state index in [-0.39, 0.29) is 0 Å². The molecule has 0 N–H and O–H groups in total. The van der Waals surface area contributed by atoms with Crippen LogP contribution >= 0.6 is 0 Å². The molecule has 276 valence electrons. The van der Waals surface area contributed by atoms with Crippen LogP contribution in [-0.4, -0.2) is 11.7 Å². The summed E-state index contributed by atoms with van der Waals surface area (Å²) in [6, 6.07) is 80.4. The highest BCUT2D eigenvalue weighted by Crippen LogP contribution is 2.39. The van der Waals surface area contributed by atoms with Gasteiger partial charge in [-0.3, -0.25) is 0 Å². The molecule has 0 fully saturated rings. The smallest absolute Gasteiger partial charge is 0.119 e. The number of anilines is 3. The van der Waals surface area contributed by atoms with E-state index in [0.717, 1.165) is 28.5 Å². The molecular weight excluding hydrogens is 705 g/mol. The molecule has 10 rings (SSSR count). The Morgan fingerprint density at radius 1 is 0.328 bits per heavy atom. The molecule has 0 radical (unpaired) electrons. The Balaban J connectivity index is 0.953. The third kappa shape index (κ3) is 6.59. The van der Waals surface area contributed by atoms with Gasteiger partial charge >= 0.3 is 0 Å². The van der Waals surface area contributed by atoms with Gasteiger partial charge in [-0.2, -0.15) is 0 Å². The first-order valence-corrected chi connectivity index (χ1v) is 19.7. The van der Waals surface area contributed by atoms with Crippen molar-refractivity contribution in [1.82, 2.24) is 4.57 Å². The van der Waals surface area contributed by atoms with Gasteiger partial charge in [0.05, 0.1) is 18.1 Å². The molecule has 0 bridgehead atoms. The fraction of sp³-hybridized carbons (Fsp3) is 0.0182. The number of hydrogen-bond acceptors (Lipinski definition) is 2. The van der Waals surface area contributed by atoms with Crippen LogP contribution < -0.4 is 9.64 Å². The Labute approximate surface area is 339 Å². The second-order valence-electron chi connectivity index (χ2n) is 14.6. The predicted molar refractivity (Wildman–Crippen MR) is 244 cm³/mol. The lowest BCUT2D eigenvalue weighted by molar-refractivity contribution is 0.415. The summed E-state index contributed by atoms with van der Waals surface area (Å²) in [5, 5.41) is 2.47. The fourth-order valence-electron chi connectivity index (χ4n) is 8.13. The lowest BCUT2D eigenvalue weighted by atomic mass is 9.98. The summed E-state index contributed by atoms with van der Waals surface area (Å²) in [4.78, 5) is 2.33. The summed E-state index contributed by atoms with van der Waals surface area (Å²) in [6.07, 6.45) is 0. The number of aromatic nitrogens is 1. The van der Waals surface area contributed by atoms with E-state index in [1.54, 1.807) is 7.11 Å². The highest BCUT2D eigenvalue weighted by molar-refractivity contribution is 6.10. The SMILES string of the molecule is COc1ccc(-n2c3ccccc3c3cc(-c4ccc(-c5ccc(N(c6ccc(-c7ccccc7)cc6)c6ccc(-c7ccccc7)cc6)cc5)cc4)ccc32)cc1. The standard InChI is InChI=1S/C55H40N2O/c1-58-51-35-33-50(34-36-51)57-54-15-9-8-14-52(54)53-38-46(26-37-55(53)57)45-18-16-41(17-19-45)44-24-31-49(32-25-44)56(47-27-20-42(21-28-47)39-10-4-2-5-11-39)48-29-22-43(23-30-48)40-12-6-3-7-13-40/h2-38H,1H3. The Morgan fingerprint density at radius 3 is 1.19 bits per heavy atom. The van der Waals surface area contributed by atoms with Crippen molar-refractivity contribution < 1.29 is 4.74 Å². The third-order valence-corrected chi connectivity index (χ3v) is 11.1. The molecule has 0 aliphatic rings. The van der Waals surface area contributed by atoms with Crippen molar-refractivity contribution in [2.75, 3.05) is 12.0 Å². The quantitative estimate of drug-likeness (QED) is 0.146. The van der Waals surface area contributed by atoms with Crippen molar-refractivity contribution >= 4 is 38.9 Å². The summed E-state index contributed by atoms with van der Waals surface area (Å²) >= 11 is 0. The van der Waals surface area contributed by atoms with Crippen molar-refractivity contribution in [3.05, 3.63) is 224 Å². The Kier molecular flexibility index (Phi) is 9.09. The van der Waals surface area contributed by atoms with Crippen LogP contribution in [0.2, 0.25) is 0 Å². The maximum absolute atomic E-state index is 5.43. The van der Waals surface area contributed by atoms with Crippen LogP contribution in [0.5, 0.6) is 5.75 Å². The van der Waals surface area contributed by atoms with Gasteiger partial charge in [-0.15, -0.1) is 0 Å². The number of hydrogen-bond donors (Lipinski definition) is 0. The minimum Gasteiger partial charge on any atom is -0.497 e. The summed E-state index contributed by atoms with van der Waals surface area (Å²) in [6.45, 7) is 0. The van der Waals surface area contributed by atoms with Gasteiger partial charge in [-0.25, -0.2) is 0 Å². The van der Waals surface area contributed by atoms with Gasteiger partial charge in [0, 0.05) is 33.5 Å². The molecule has 0 amide bonds. The van der Waals surface area contributed by atoms with Gasteiger partial charge in [0.1, 0.15) is 5.75 Å². The monoisotopic (exact) mass is 744 g/mol. The lowest BCUT2D eigenvalue weighted by Gasteiger charge is -2.26. The second-order valence-corrected chi connectivity index (χ2v) is 14.6. The Morgan fingerprint density at radius 2 is 0.707 bits per heavy atom. The van der Waals surface area contributed by atoms with Crippen LogP contribution in [0.4, 0.5) is 17.1 Å². The van der Waals surface area contributed by atoms with E-state index < -0.39 is 0 Å². The maximum Gasteiger partial charge on any atom is 0.119 e. The normalized spacial score (nSPS) is 11.2. The molecule has 3 heteroatoms. The van der Waals surface area contributed by atoms with Gasteiger partial charge in [-0.05, 0) is 123 Å². The van der Waals surface area contributed by atoms with Crippen molar-refractivity contribution in [3.63, 3.8) is 0 Å². The van der Waals surface area contributed by atoms with Gasteiger partial charge in [0.2, 0.25) is 0 Å². The van der Waals surface area contributed by atoms with Crippen LogP contribution in [0.3, 0.4) is 0 Å². The van der Waals surface area contributed by atoms with Crippen LogP contribution in [0, 0.1) is 0 Å². The van der Waals surface area contributed by atoms with Crippen LogP contribution in [-0.2, 0) is 0 Å². The average molecular weight is 745 g/mol. The Hall–Kier alpha value is -7.62. The van der Waals surface area contributed by atoms with E-state index in [9.17, 15) is 0 Å². The number of fused-ring (bicyclic) bond motifs is 3. The molecule has 0 atom stereocenters. The first-order valence-electron chi connectivity index (χ1n) is 19.7.